The Balaban J connectivity index is 1.44. The van der Waals surface area contributed by atoms with Crippen LogP contribution in [0.1, 0.15) is 9.67 Å². The molecule has 0 saturated carbocycles. The number of rotatable bonds is 5. The van der Waals surface area contributed by atoms with Crippen molar-refractivity contribution in [3.63, 3.8) is 0 Å². The lowest BCUT2D eigenvalue weighted by molar-refractivity contribution is 0.103. The average molecular weight is 398 g/mol. The Hall–Kier alpha value is -3.23. The summed E-state index contributed by atoms with van der Waals surface area (Å²) in [7, 11) is 0. The molecule has 9 heteroatoms. The van der Waals surface area contributed by atoms with E-state index in [0.717, 1.165) is 0 Å². The molecule has 0 aliphatic carbocycles. The number of anilines is 1. The summed E-state index contributed by atoms with van der Waals surface area (Å²) in [5.41, 5.74) is 0.652. The minimum absolute atomic E-state index is 0.207. The standard InChI is InChI=1S/C18H12ClN5O2S/c19-15-6-5-14(27-15)18(25)23-12-1-3-13(4-2-12)26-17-9-16(21-10-22-17)24-8-7-20-11-24/h1-11H,(H,23,25). The van der Waals surface area contributed by atoms with Gasteiger partial charge in [-0.2, -0.15) is 0 Å². The van der Waals surface area contributed by atoms with E-state index in [1.165, 1.54) is 17.7 Å². The quantitative estimate of drug-likeness (QED) is 0.539. The van der Waals surface area contributed by atoms with Crippen LogP contribution in [0.5, 0.6) is 11.6 Å². The third kappa shape index (κ3) is 4.13. The zero-order valence-electron chi connectivity index (χ0n) is 13.7. The third-order valence-electron chi connectivity index (χ3n) is 3.53. The number of carbonyl (C=O) groups is 1. The Morgan fingerprint density at radius 3 is 2.70 bits per heavy atom. The molecule has 3 aromatic heterocycles. The smallest absolute Gasteiger partial charge is 0.265 e. The summed E-state index contributed by atoms with van der Waals surface area (Å²) >= 11 is 7.08. The van der Waals surface area contributed by atoms with Crippen molar-refractivity contribution in [1.29, 1.82) is 0 Å². The topological polar surface area (TPSA) is 81.9 Å². The number of thiophene rings is 1. The first-order valence-electron chi connectivity index (χ1n) is 7.82. The minimum Gasteiger partial charge on any atom is -0.439 e. The zero-order chi connectivity index (χ0) is 18.6. The maximum Gasteiger partial charge on any atom is 0.265 e. The molecule has 3 heterocycles. The van der Waals surface area contributed by atoms with E-state index >= 15 is 0 Å². The first kappa shape index (κ1) is 17.2. The molecule has 4 aromatic rings. The largest absolute Gasteiger partial charge is 0.439 e. The van der Waals surface area contributed by atoms with Gasteiger partial charge < -0.3 is 10.1 Å². The fourth-order valence-corrected chi connectivity index (χ4v) is 3.22. The predicted octanol–water partition coefficient (Wildman–Crippen LogP) is 4.42. The summed E-state index contributed by atoms with van der Waals surface area (Å²) in [4.78, 5) is 25.0. The van der Waals surface area contributed by atoms with E-state index in [1.807, 2.05) is 0 Å². The van der Waals surface area contributed by atoms with Gasteiger partial charge in [0.15, 0.2) is 0 Å². The van der Waals surface area contributed by atoms with Crippen LogP contribution in [0.3, 0.4) is 0 Å². The molecule has 7 nitrogen and oxygen atoms in total. The van der Waals surface area contributed by atoms with Crippen LogP contribution < -0.4 is 10.1 Å². The van der Waals surface area contributed by atoms with E-state index in [1.54, 1.807) is 65.8 Å². The van der Waals surface area contributed by atoms with Crippen molar-refractivity contribution >= 4 is 34.5 Å². The molecule has 0 saturated heterocycles. The van der Waals surface area contributed by atoms with Crippen molar-refractivity contribution in [3.05, 3.63) is 76.7 Å². The Labute approximate surface area is 163 Å². The van der Waals surface area contributed by atoms with Gasteiger partial charge in [0.05, 0.1) is 9.21 Å². The number of hydrogen-bond acceptors (Lipinski definition) is 6. The van der Waals surface area contributed by atoms with Gasteiger partial charge in [-0.05, 0) is 36.4 Å². The highest BCUT2D eigenvalue weighted by molar-refractivity contribution is 7.18. The highest BCUT2D eigenvalue weighted by Gasteiger charge is 2.09. The second-order valence-corrected chi connectivity index (χ2v) is 7.08. The molecule has 0 radical (unpaired) electrons. The predicted molar refractivity (Wildman–Crippen MR) is 103 cm³/mol. The molecule has 0 unspecified atom stereocenters. The Morgan fingerprint density at radius 1 is 1.15 bits per heavy atom. The number of hydrogen-bond donors (Lipinski definition) is 1. The lowest BCUT2D eigenvalue weighted by Crippen LogP contribution is -2.09. The zero-order valence-corrected chi connectivity index (χ0v) is 15.3. The van der Waals surface area contributed by atoms with Crippen molar-refractivity contribution in [2.45, 2.75) is 0 Å². The highest BCUT2D eigenvalue weighted by Crippen LogP contribution is 2.24. The fourth-order valence-electron chi connectivity index (χ4n) is 2.28. The van der Waals surface area contributed by atoms with Gasteiger partial charge in [-0.1, -0.05) is 11.6 Å². The van der Waals surface area contributed by atoms with Crippen molar-refractivity contribution in [3.8, 4) is 17.4 Å². The van der Waals surface area contributed by atoms with Crippen LogP contribution in [-0.2, 0) is 0 Å². The van der Waals surface area contributed by atoms with Gasteiger partial charge in [-0.25, -0.2) is 15.0 Å². The summed E-state index contributed by atoms with van der Waals surface area (Å²) in [6, 6.07) is 12.1. The maximum absolute atomic E-state index is 12.1. The number of nitrogens with one attached hydrogen (secondary N) is 1. The molecule has 0 aliphatic rings. The summed E-state index contributed by atoms with van der Waals surface area (Å²) in [5, 5.41) is 2.81. The lowest BCUT2D eigenvalue weighted by atomic mass is 10.3. The molecule has 27 heavy (non-hydrogen) atoms. The summed E-state index contributed by atoms with van der Waals surface area (Å²) in [6.45, 7) is 0. The van der Waals surface area contributed by atoms with Gasteiger partial charge in [-0.15, -0.1) is 11.3 Å². The number of nitrogens with zero attached hydrogens (tertiary/aromatic N) is 4. The molecule has 1 aromatic carbocycles. The van der Waals surface area contributed by atoms with Gasteiger partial charge >= 0.3 is 0 Å². The minimum atomic E-state index is -0.207. The number of amides is 1. The molecular formula is C18H12ClN5O2S. The van der Waals surface area contributed by atoms with Crippen LogP contribution in [0.2, 0.25) is 4.34 Å². The van der Waals surface area contributed by atoms with Gasteiger partial charge in [0.1, 0.15) is 24.2 Å². The normalized spacial score (nSPS) is 10.6. The van der Waals surface area contributed by atoms with Crippen LogP contribution >= 0.6 is 22.9 Å². The van der Waals surface area contributed by atoms with E-state index < -0.39 is 0 Å². The average Bonchev–Trinajstić information content (AvgIpc) is 3.35. The van der Waals surface area contributed by atoms with Crippen molar-refractivity contribution in [1.82, 2.24) is 19.5 Å². The van der Waals surface area contributed by atoms with Gasteiger partial charge in [0.25, 0.3) is 5.91 Å². The molecule has 1 N–H and O–H groups in total. The number of aromatic nitrogens is 4. The molecule has 4 rings (SSSR count). The summed E-state index contributed by atoms with van der Waals surface area (Å²) < 4.78 is 8.08. The van der Waals surface area contributed by atoms with E-state index in [0.29, 0.717) is 32.3 Å². The Bertz CT molecular complexity index is 1060. The molecule has 134 valence electrons. The summed E-state index contributed by atoms with van der Waals surface area (Å²) in [5.74, 6) is 1.43. The molecule has 0 aliphatic heterocycles. The van der Waals surface area contributed by atoms with Crippen LogP contribution in [0, 0.1) is 0 Å². The Morgan fingerprint density at radius 2 is 2.00 bits per heavy atom. The van der Waals surface area contributed by atoms with Crippen LogP contribution in [-0.4, -0.2) is 25.4 Å². The van der Waals surface area contributed by atoms with Crippen molar-refractivity contribution in [2.24, 2.45) is 0 Å². The van der Waals surface area contributed by atoms with Crippen molar-refractivity contribution in [2.75, 3.05) is 5.32 Å². The van der Waals surface area contributed by atoms with E-state index in [-0.39, 0.29) is 5.91 Å². The summed E-state index contributed by atoms with van der Waals surface area (Å²) in [6.07, 6.45) is 6.51. The molecule has 0 bridgehead atoms. The number of imidazole rings is 1. The fraction of sp³-hybridized carbons (Fsp3) is 0. The van der Waals surface area contributed by atoms with Crippen molar-refractivity contribution < 1.29 is 9.53 Å². The number of carbonyl (C=O) groups excluding carboxylic acids is 1. The van der Waals surface area contributed by atoms with Crippen LogP contribution in [0.25, 0.3) is 5.82 Å². The van der Waals surface area contributed by atoms with Gasteiger partial charge in [0, 0.05) is 24.1 Å². The monoisotopic (exact) mass is 397 g/mol. The SMILES string of the molecule is O=C(Nc1ccc(Oc2cc(-n3ccnc3)ncn2)cc1)c1ccc(Cl)s1. The first-order chi connectivity index (χ1) is 13.2. The Kier molecular flexibility index (Phi) is 4.82. The number of benzene rings is 1. The second kappa shape index (κ2) is 7.56. The number of halogens is 1. The van der Waals surface area contributed by atoms with Crippen LogP contribution in [0.15, 0.2) is 67.5 Å². The third-order valence-corrected chi connectivity index (χ3v) is 4.76. The lowest BCUT2D eigenvalue weighted by Gasteiger charge is -2.08. The van der Waals surface area contributed by atoms with Gasteiger partial charge in [0.2, 0.25) is 5.88 Å². The molecule has 0 atom stereocenters. The second-order valence-electron chi connectivity index (χ2n) is 5.37. The first-order valence-corrected chi connectivity index (χ1v) is 9.02. The molecule has 1 amide bonds. The molecule has 0 spiro atoms. The number of ether oxygens (including phenoxy) is 1. The maximum atomic E-state index is 12.1. The van der Waals surface area contributed by atoms with E-state index in [2.05, 4.69) is 20.3 Å². The van der Waals surface area contributed by atoms with E-state index in [9.17, 15) is 4.79 Å². The highest BCUT2D eigenvalue weighted by atomic mass is 35.5. The molecular weight excluding hydrogens is 386 g/mol. The van der Waals surface area contributed by atoms with E-state index in [4.69, 9.17) is 16.3 Å². The van der Waals surface area contributed by atoms with Gasteiger partial charge in [-0.3, -0.25) is 9.36 Å². The van der Waals surface area contributed by atoms with Crippen LogP contribution in [0.4, 0.5) is 5.69 Å². The molecule has 0 fully saturated rings.